The number of hydrogen-bond donors (Lipinski definition) is 0. The van der Waals surface area contributed by atoms with E-state index in [1.54, 1.807) is 22.0 Å². The lowest BCUT2D eigenvalue weighted by molar-refractivity contribution is 0.0979. The first-order valence-electron chi connectivity index (χ1n) is 7.94. The van der Waals surface area contributed by atoms with Gasteiger partial charge in [-0.1, -0.05) is 24.3 Å². The number of carbonyl (C=O) groups is 1. The van der Waals surface area contributed by atoms with Crippen molar-refractivity contribution in [2.24, 2.45) is 0 Å². The highest BCUT2D eigenvalue weighted by Crippen LogP contribution is 2.22. The first-order chi connectivity index (χ1) is 11.6. The fourth-order valence-corrected chi connectivity index (χ4v) is 2.70. The van der Waals surface area contributed by atoms with Gasteiger partial charge in [0.15, 0.2) is 5.82 Å². The summed E-state index contributed by atoms with van der Waals surface area (Å²) in [6, 6.07) is 15.3. The van der Waals surface area contributed by atoms with Gasteiger partial charge in [0.2, 0.25) is 0 Å². The van der Waals surface area contributed by atoms with E-state index < -0.39 is 0 Å². The van der Waals surface area contributed by atoms with E-state index in [0.29, 0.717) is 11.4 Å². The van der Waals surface area contributed by atoms with Crippen molar-refractivity contribution in [1.82, 2.24) is 14.8 Å². The smallest absolute Gasteiger partial charge is 0.261 e. The second-order valence-electron chi connectivity index (χ2n) is 5.85. The molecule has 1 amide bonds. The van der Waals surface area contributed by atoms with Crippen molar-refractivity contribution in [3.05, 3.63) is 72.2 Å². The van der Waals surface area contributed by atoms with Gasteiger partial charge >= 0.3 is 0 Å². The van der Waals surface area contributed by atoms with E-state index in [0.717, 1.165) is 11.4 Å². The van der Waals surface area contributed by atoms with Crippen molar-refractivity contribution in [1.29, 1.82) is 0 Å². The Labute approximate surface area is 141 Å². The van der Waals surface area contributed by atoms with E-state index >= 15 is 0 Å². The van der Waals surface area contributed by atoms with Gasteiger partial charge in [0.1, 0.15) is 0 Å². The first kappa shape index (κ1) is 15.9. The second kappa shape index (κ2) is 6.66. The van der Waals surface area contributed by atoms with Crippen LogP contribution in [0.15, 0.2) is 60.9 Å². The van der Waals surface area contributed by atoms with Crippen LogP contribution in [-0.4, -0.2) is 26.7 Å². The fourth-order valence-electron chi connectivity index (χ4n) is 2.70. The van der Waals surface area contributed by atoms with Gasteiger partial charge in [-0.15, -0.1) is 0 Å². The molecule has 24 heavy (non-hydrogen) atoms. The third-order valence-corrected chi connectivity index (χ3v) is 3.88. The molecule has 0 radical (unpaired) electrons. The summed E-state index contributed by atoms with van der Waals surface area (Å²) in [5, 5.41) is 4.35. The van der Waals surface area contributed by atoms with Gasteiger partial charge in [0.25, 0.3) is 5.91 Å². The van der Waals surface area contributed by atoms with E-state index in [4.69, 9.17) is 0 Å². The lowest BCUT2D eigenvalue weighted by Gasteiger charge is -2.26. The SMILES string of the molecule is Cc1c(C(=O)N(c2ccccc2)C(C)C)cnn1-c1ccccn1. The van der Waals surface area contributed by atoms with Crippen LogP contribution in [0.3, 0.4) is 0 Å². The Morgan fingerprint density at radius 2 is 1.79 bits per heavy atom. The number of pyridine rings is 1. The van der Waals surface area contributed by atoms with Crippen LogP contribution in [0.25, 0.3) is 5.82 Å². The predicted octanol–water partition coefficient (Wildman–Crippen LogP) is 3.63. The van der Waals surface area contributed by atoms with Gasteiger partial charge in [0.05, 0.1) is 17.5 Å². The molecule has 2 heterocycles. The average Bonchev–Trinajstić information content (AvgIpc) is 2.98. The van der Waals surface area contributed by atoms with Gasteiger partial charge in [-0.2, -0.15) is 5.10 Å². The molecule has 0 fully saturated rings. The number of aromatic nitrogens is 3. The van der Waals surface area contributed by atoms with Crippen molar-refractivity contribution < 1.29 is 4.79 Å². The van der Waals surface area contributed by atoms with Crippen LogP contribution in [0.4, 0.5) is 5.69 Å². The summed E-state index contributed by atoms with van der Waals surface area (Å²) in [6.07, 6.45) is 3.33. The molecule has 3 rings (SSSR count). The number of anilines is 1. The Kier molecular flexibility index (Phi) is 4.42. The summed E-state index contributed by atoms with van der Waals surface area (Å²) in [7, 11) is 0. The maximum Gasteiger partial charge on any atom is 0.261 e. The van der Waals surface area contributed by atoms with Crippen molar-refractivity contribution in [2.75, 3.05) is 4.90 Å². The maximum atomic E-state index is 13.1. The van der Waals surface area contributed by atoms with Crippen LogP contribution in [0.5, 0.6) is 0 Å². The summed E-state index contributed by atoms with van der Waals surface area (Å²) in [5.74, 6) is 0.640. The quantitative estimate of drug-likeness (QED) is 0.737. The molecule has 5 heteroatoms. The minimum absolute atomic E-state index is 0.0394. The highest BCUT2D eigenvalue weighted by molar-refractivity contribution is 6.07. The molecule has 5 nitrogen and oxygen atoms in total. The molecule has 0 aliphatic heterocycles. The molecule has 0 aliphatic carbocycles. The summed E-state index contributed by atoms with van der Waals surface area (Å²) < 4.78 is 1.69. The number of nitrogens with zero attached hydrogens (tertiary/aromatic N) is 4. The maximum absolute atomic E-state index is 13.1. The number of carbonyl (C=O) groups excluding carboxylic acids is 1. The third kappa shape index (κ3) is 2.93. The van der Waals surface area contributed by atoms with Crippen LogP contribution in [-0.2, 0) is 0 Å². The third-order valence-electron chi connectivity index (χ3n) is 3.88. The molecule has 0 saturated heterocycles. The second-order valence-corrected chi connectivity index (χ2v) is 5.85. The summed E-state index contributed by atoms with van der Waals surface area (Å²) >= 11 is 0. The number of hydrogen-bond acceptors (Lipinski definition) is 3. The number of rotatable bonds is 4. The summed E-state index contributed by atoms with van der Waals surface area (Å²) in [4.78, 5) is 19.2. The Morgan fingerprint density at radius 3 is 2.42 bits per heavy atom. The molecule has 0 N–H and O–H groups in total. The zero-order chi connectivity index (χ0) is 17.1. The number of benzene rings is 1. The molecule has 1 aromatic carbocycles. The molecule has 2 aromatic heterocycles. The van der Waals surface area contributed by atoms with Crippen LogP contribution in [0.2, 0.25) is 0 Å². The van der Waals surface area contributed by atoms with Crippen molar-refractivity contribution in [2.45, 2.75) is 26.8 Å². The van der Waals surface area contributed by atoms with Crippen molar-refractivity contribution in [3.8, 4) is 5.82 Å². The zero-order valence-electron chi connectivity index (χ0n) is 14.0. The zero-order valence-corrected chi connectivity index (χ0v) is 14.0. The Balaban J connectivity index is 1.99. The average molecular weight is 320 g/mol. The van der Waals surface area contributed by atoms with Crippen molar-refractivity contribution >= 4 is 11.6 Å². The van der Waals surface area contributed by atoms with E-state index in [9.17, 15) is 4.79 Å². The fraction of sp³-hybridized carbons (Fsp3) is 0.211. The molecule has 0 aliphatic rings. The molecular formula is C19H20N4O. The normalized spacial score (nSPS) is 10.8. The topological polar surface area (TPSA) is 51.0 Å². The molecule has 0 unspecified atom stereocenters. The minimum atomic E-state index is -0.0594. The highest BCUT2D eigenvalue weighted by Gasteiger charge is 2.24. The standard InChI is InChI=1S/C19H20N4O/c1-14(2)22(16-9-5-4-6-10-16)19(24)17-13-21-23(15(17)3)18-11-7-8-12-20-18/h4-14H,1-3H3. The minimum Gasteiger partial charge on any atom is -0.306 e. The Hall–Kier alpha value is -2.95. The van der Waals surface area contributed by atoms with E-state index in [2.05, 4.69) is 10.1 Å². The van der Waals surface area contributed by atoms with Gasteiger partial charge in [-0.05, 0) is 45.0 Å². The monoisotopic (exact) mass is 320 g/mol. The lowest BCUT2D eigenvalue weighted by atomic mass is 10.1. The molecule has 0 spiro atoms. The lowest BCUT2D eigenvalue weighted by Crippen LogP contribution is -2.37. The Morgan fingerprint density at radius 1 is 1.08 bits per heavy atom. The molecular weight excluding hydrogens is 300 g/mol. The van der Waals surface area contributed by atoms with E-state index in [-0.39, 0.29) is 11.9 Å². The Bertz CT molecular complexity index is 825. The van der Waals surface area contributed by atoms with Gasteiger partial charge in [-0.3, -0.25) is 4.79 Å². The van der Waals surface area contributed by atoms with Crippen LogP contribution in [0.1, 0.15) is 29.9 Å². The van der Waals surface area contributed by atoms with Crippen molar-refractivity contribution in [3.63, 3.8) is 0 Å². The van der Waals surface area contributed by atoms with Gasteiger partial charge in [0, 0.05) is 17.9 Å². The number of amides is 1. The predicted molar refractivity (Wildman–Crippen MR) is 94.5 cm³/mol. The molecule has 122 valence electrons. The first-order valence-corrected chi connectivity index (χ1v) is 7.94. The number of para-hydroxylation sites is 1. The molecule has 0 atom stereocenters. The van der Waals surface area contributed by atoms with E-state index in [1.165, 1.54) is 0 Å². The molecule has 0 saturated carbocycles. The van der Waals surface area contributed by atoms with Crippen LogP contribution < -0.4 is 4.90 Å². The van der Waals surface area contributed by atoms with Crippen LogP contribution >= 0.6 is 0 Å². The summed E-state index contributed by atoms with van der Waals surface area (Å²) in [6.45, 7) is 5.89. The van der Waals surface area contributed by atoms with Crippen LogP contribution in [0, 0.1) is 6.92 Å². The summed E-state index contributed by atoms with van der Waals surface area (Å²) in [5.41, 5.74) is 2.24. The highest BCUT2D eigenvalue weighted by atomic mass is 16.2. The van der Waals surface area contributed by atoms with E-state index in [1.807, 2.05) is 69.3 Å². The molecule has 0 bridgehead atoms. The van der Waals surface area contributed by atoms with Gasteiger partial charge in [-0.25, -0.2) is 9.67 Å². The molecule has 3 aromatic rings. The van der Waals surface area contributed by atoms with Gasteiger partial charge < -0.3 is 4.90 Å². The largest absolute Gasteiger partial charge is 0.306 e.